The van der Waals surface area contributed by atoms with Crippen LogP contribution in [0, 0.1) is 0 Å². The van der Waals surface area contributed by atoms with E-state index in [2.05, 4.69) is 0 Å². The molecule has 12 nitrogen and oxygen atoms in total. The van der Waals surface area contributed by atoms with Crippen molar-refractivity contribution in [2.45, 2.75) is 6.92 Å². The molecular formula is C22H22N4O8. The van der Waals surface area contributed by atoms with Crippen LogP contribution in [-0.2, 0) is 11.8 Å². The van der Waals surface area contributed by atoms with Crippen molar-refractivity contribution in [3.05, 3.63) is 63.3 Å². The number of carboxylic acid groups (broad SMARTS) is 1. The van der Waals surface area contributed by atoms with Crippen molar-refractivity contribution in [3.63, 3.8) is 0 Å². The summed E-state index contributed by atoms with van der Waals surface area (Å²) in [6.07, 6.45) is -1.62. The fourth-order valence-electron chi connectivity index (χ4n) is 3.26. The van der Waals surface area contributed by atoms with Gasteiger partial charge in [0.2, 0.25) is 0 Å². The van der Waals surface area contributed by atoms with Crippen LogP contribution in [0.4, 0.5) is 22.0 Å². The van der Waals surface area contributed by atoms with Gasteiger partial charge in [0, 0.05) is 20.0 Å². The Balaban J connectivity index is 2.37. The highest BCUT2D eigenvalue weighted by molar-refractivity contribution is 5.99. The molecule has 0 unspecified atom stereocenters. The molecule has 0 aliphatic heterocycles. The lowest BCUT2D eigenvalue weighted by molar-refractivity contribution is -0.131. The number of amides is 1. The first-order valence-corrected chi connectivity index (χ1v) is 9.76. The topological polar surface area (TPSA) is 155 Å². The molecule has 0 bridgehead atoms. The van der Waals surface area contributed by atoms with Crippen molar-refractivity contribution < 1.29 is 28.9 Å². The highest BCUT2D eigenvalue weighted by atomic mass is 16.5. The Morgan fingerprint density at radius 1 is 1.00 bits per heavy atom. The average molecular weight is 470 g/mol. The van der Waals surface area contributed by atoms with Crippen molar-refractivity contribution >= 4 is 29.3 Å². The number of carbonyl (C=O) groups is 2. The number of nitrogens with zero attached hydrogens (tertiary/aromatic N) is 3. The largest absolute Gasteiger partial charge is 0.497 e. The van der Waals surface area contributed by atoms with Gasteiger partial charge in [-0.15, -0.1) is 0 Å². The second-order valence-corrected chi connectivity index (χ2v) is 6.96. The zero-order chi connectivity index (χ0) is 25.2. The highest BCUT2D eigenvalue weighted by Crippen LogP contribution is 2.38. The molecule has 178 valence electrons. The van der Waals surface area contributed by atoms with Gasteiger partial charge in [-0.25, -0.2) is 19.1 Å². The number of hydrogen-bond donors (Lipinski definition) is 2. The first-order valence-electron chi connectivity index (χ1n) is 9.76. The molecule has 0 aliphatic rings. The maximum absolute atomic E-state index is 13.1. The Kier molecular flexibility index (Phi) is 6.61. The van der Waals surface area contributed by atoms with Gasteiger partial charge in [-0.3, -0.25) is 14.2 Å². The van der Waals surface area contributed by atoms with Crippen LogP contribution < -0.4 is 36.1 Å². The summed E-state index contributed by atoms with van der Waals surface area (Å²) in [7, 11) is 4.01. The predicted octanol–water partition coefficient (Wildman–Crippen LogP) is 1.88. The van der Waals surface area contributed by atoms with Gasteiger partial charge in [-0.1, -0.05) is 0 Å². The molecule has 0 saturated heterocycles. The fourth-order valence-corrected chi connectivity index (χ4v) is 3.26. The number of rotatable bonds is 6. The van der Waals surface area contributed by atoms with E-state index in [1.165, 1.54) is 51.6 Å². The predicted molar refractivity (Wildman–Crippen MR) is 123 cm³/mol. The van der Waals surface area contributed by atoms with Crippen molar-refractivity contribution in [1.82, 2.24) is 9.13 Å². The minimum Gasteiger partial charge on any atom is -0.497 e. The number of hydrogen-bond acceptors (Lipinski definition) is 8. The minimum atomic E-state index is -1.62. The number of anilines is 3. The molecule has 1 aromatic heterocycles. The average Bonchev–Trinajstić information content (AvgIpc) is 2.81. The van der Waals surface area contributed by atoms with Crippen LogP contribution >= 0.6 is 0 Å². The van der Waals surface area contributed by atoms with E-state index in [0.29, 0.717) is 10.6 Å². The van der Waals surface area contributed by atoms with Crippen LogP contribution in [0.25, 0.3) is 5.69 Å². The van der Waals surface area contributed by atoms with E-state index in [1.807, 2.05) is 0 Å². The van der Waals surface area contributed by atoms with Crippen LogP contribution in [0.3, 0.4) is 0 Å². The summed E-state index contributed by atoms with van der Waals surface area (Å²) in [6.45, 7) is 1.14. The molecule has 0 atom stereocenters. The summed E-state index contributed by atoms with van der Waals surface area (Å²) in [5.74, 6) is -0.608. The van der Waals surface area contributed by atoms with Crippen LogP contribution in [-0.4, -0.2) is 40.5 Å². The summed E-state index contributed by atoms with van der Waals surface area (Å²) in [5, 5.41) is 10.1. The van der Waals surface area contributed by atoms with Gasteiger partial charge < -0.3 is 25.1 Å². The molecule has 3 N–H and O–H groups in total. The van der Waals surface area contributed by atoms with E-state index in [-0.39, 0.29) is 22.9 Å². The molecule has 0 spiro atoms. The zero-order valence-electron chi connectivity index (χ0n) is 18.8. The maximum Gasteiger partial charge on any atom is 0.416 e. The first-order chi connectivity index (χ1) is 16.1. The summed E-state index contributed by atoms with van der Waals surface area (Å²) in [6, 6.07) is 10.2. The second kappa shape index (κ2) is 9.40. The molecule has 2 aromatic carbocycles. The first kappa shape index (κ1) is 23.9. The number of methoxy groups -OCH3 is 2. The zero-order valence-corrected chi connectivity index (χ0v) is 18.8. The lowest BCUT2D eigenvalue weighted by Crippen LogP contribution is -2.43. The fraction of sp³-hybridized carbons (Fsp3) is 0.182. The molecule has 0 radical (unpaired) electrons. The highest BCUT2D eigenvalue weighted by Gasteiger charge is 2.30. The van der Waals surface area contributed by atoms with Gasteiger partial charge in [0.25, 0.3) is 5.56 Å². The molecule has 3 rings (SSSR count). The van der Waals surface area contributed by atoms with E-state index in [9.17, 15) is 24.3 Å². The normalized spacial score (nSPS) is 10.5. The van der Waals surface area contributed by atoms with Crippen LogP contribution in [0.1, 0.15) is 6.92 Å². The van der Waals surface area contributed by atoms with Gasteiger partial charge in [0.05, 0.1) is 25.6 Å². The Hall–Kier alpha value is -4.74. The summed E-state index contributed by atoms with van der Waals surface area (Å²) in [5.41, 5.74) is 3.94. The Labute approximate surface area is 192 Å². The SMILES string of the molecule is COc1ccc(-n2c(N)c(N(C(=O)O)c3cc(OC)ccc3OC(C)=O)c(=O)n(C)c2=O)cc1. The molecule has 34 heavy (non-hydrogen) atoms. The van der Waals surface area contributed by atoms with Gasteiger partial charge in [0.1, 0.15) is 17.3 Å². The third kappa shape index (κ3) is 4.28. The number of ether oxygens (including phenoxy) is 3. The van der Waals surface area contributed by atoms with Gasteiger partial charge in [0.15, 0.2) is 11.4 Å². The molecule has 12 heteroatoms. The maximum atomic E-state index is 13.1. The Bertz CT molecular complexity index is 1380. The van der Waals surface area contributed by atoms with E-state index in [0.717, 1.165) is 16.1 Å². The number of benzene rings is 2. The monoisotopic (exact) mass is 470 g/mol. The van der Waals surface area contributed by atoms with Crippen molar-refractivity contribution in [1.29, 1.82) is 0 Å². The smallest absolute Gasteiger partial charge is 0.416 e. The minimum absolute atomic E-state index is 0.167. The van der Waals surface area contributed by atoms with E-state index in [4.69, 9.17) is 19.9 Å². The summed E-state index contributed by atoms with van der Waals surface area (Å²) in [4.78, 5) is 50.6. The number of carbonyl (C=O) groups excluding carboxylic acids is 1. The number of nitrogens with two attached hydrogens (primary N) is 1. The Morgan fingerprint density at radius 2 is 1.59 bits per heavy atom. The van der Waals surface area contributed by atoms with Crippen molar-refractivity contribution in [2.24, 2.45) is 7.05 Å². The van der Waals surface area contributed by atoms with Crippen LogP contribution in [0.15, 0.2) is 52.1 Å². The van der Waals surface area contributed by atoms with Crippen molar-refractivity contribution in [3.8, 4) is 22.9 Å². The molecule has 1 heterocycles. The molecule has 0 aliphatic carbocycles. The molecule has 0 fully saturated rings. The Morgan fingerprint density at radius 3 is 2.12 bits per heavy atom. The number of aromatic nitrogens is 2. The molecule has 3 aromatic rings. The quantitative estimate of drug-likeness (QED) is 0.406. The van der Waals surface area contributed by atoms with E-state index < -0.39 is 34.8 Å². The van der Waals surface area contributed by atoms with Gasteiger partial charge in [-0.05, 0) is 36.4 Å². The summed E-state index contributed by atoms with van der Waals surface area (Å²) < 4.78 is 17.1. The van der Waals surface area contributed by atoms with E-state index >= 15 is 0 Å². The lowest BCUT2D eigenvalue weighted by atomic mass is 10.2. The molecule has 1 amide bonds. The van der Waals surface area contributed by atoms with Crippen LogP contribution in [0.5, 0.6) is 17.2 Å². The third-order valence-corrected chi connectivity index (χ3v) is 4.88. The van der Waals surface area contributed by atoms with Crippen LogP contribution in [0.2, 0.25) is 0 Å². The summed E-state index contributed by atoms with van der Waals surface area (Å²) >= 11 is 0. The number of esters is 1. The third-order valence-electron chi connectivity index (χ3n) is 4.88. The second-order valence-electron chi connectivity index (χ2n) is 6.96. The molecular weight excluding hydrogens is 448 g/mol. The van der Waals surface area contributed by atoms with E-state index in [1.54, 1.807) is 12.1 Å². The molecule has 0 saturated carbocycles. The van der Waals surface area contributed by atoms with Gasteiger partial charge >= 0.3 is 17.8 Å². The van der Waals surface area contributed by atoms with Gasteiger partial charge in [-0.2, -0.15) is 0 Å². The number of nitrogen functional groups attached to an aromatic ring is 1. The van der Waals surface area contributed by atoms with Crippen molar-refractivity contribution in [2.75, 3.05) is 24.9 Å². The standard InChI is InChI=1S/C22H22N4O8/c1-12(27)34-17-10-9-15(33-4)11-16(17)26(22(30)31)18-19(23)25(21(29)24(2)20(18)28)13-5-7-14(32-3)8-6-13/h5-11H,23H2,1-4H3,(H,30,31). The lowest BCUT2D eigenvalue weighted by Gasteiger charge is -2.24.